The Bertz CT molecular complexity index is 776. The molecule has 0 bridgehead atoms. The molecule has 3 rings (SSSR count). The lowest BCUT2D eigenvalue weighted by Gasteiger charge is -2.14. The molecule has 2 atom stereocenters. The first-order chi connectivity index (χ1) is 12.5. The van der Waals surface area contributed by atoms with Crippen molar-refractivity contribution in [3.8, 4) is 0 Å². The molecule has 3 N–H and O–H groups in total. The Morgan fingerprint density at radius 3 is 2.81 bits per heavy atom. The third-order valence-corrected chi connectivity index (χ3v) is 5.38. The molecular formula is C19H27N4O2S+. The summed E-state index contributed by atoms with van der Waals surface area (Å²) in [6.07, 6.45) is 1.99. The Labute approximate surface area is 158 Å². The summed E-state index contributed by atoms with van der Waals surface area (Å²) in [4.78, 5) is 21.2. The molecule has 0 aliphatic carbocycles. The van der Waals surface area contributed by atoms with Crippen LogP contribution in [0.15, 0.2) is 40.3 Å². The molecule has 2 aromatic rings. The third kappa shape index (κ3) is 4.87. The number of nitrogens with one attached hydrogen (secondary N) is 1. The smallest absolute Gasteiger partial charge is 0.251 e. The van der Waals surface area contributed by atoms with Crippen LogP contribution in [0.1, 0.15) is 30.8 Å². The number of quaternary nitrogens is 1. The zero-order valence-corrected chi connectivity index (χ0v) is 16.4. The van der Waals surface area contributed by atoms with Crippen molar-refractivity contribution in [2.75, 3.05) is 31.3 Å². The average Bonchev–Trinajstić information content (AvgIpc) is 3.09. The van der Waals surface area contributed by atoms with E-state index in [9.17, 15) is 4.79 Å². The summed E-state index contributed by atoms with van der Waals surface area (Å²) in [5.74, 6) is 0.779. The summed E-state index contributed by atoms with van der Waals surface area (Å²) < 4.78 is 6.17. The summed E-state index contributed by atoms with van der Waals surface area (Å²) in [6.45, 7) is 3.00. The monoisotopic (exact) mass is 375 g/mol. The molecule has 0 amide bonds. The topological polar surface area (TPSA) is 74.8 Å². The van der Waals surface area contributed by atoms with Crippen molar-refractivity contribution >= 4 is 17.4 Å². The summed E-state index contributed by atoms with van der Waals surface area (Å²) in [7, 11) is 4.07. The Hall–Kier alpha value is -1.83. The second-order valence-electron chi connectivity index (χ2n) is 6.74. The van der Waals surface area contributed by atoms with Gasteiger partial charge in [0.2, 0.25) is 6.23 Å². The van der Waals surface area contributed by atoms with Crippen molar-refractivity contribution in [1.82, 2.24) is 9.97 Å². The van der Waals surface area contributed by atoms with E-state index in [1.165, 1.54) is 11.3 Å². The predicted molar refractivity (Wildman–Crippen MR) is 105 cm³/mol. The number of nitrogens with two attached hydrogens (primary N) is 1. The van der Waals surface area contributed by atoms with Gasteiger partial charge in [0.15, 0.2) is 5.16 Å². The summed E-state index contributed by atoms with van der Waals surface area (Å²) in [6, 6.07) is 10.1. The van der Waals surface area contributed by atoms with Gasteiger partial charge in [-0.05, 0) is 30.7 Å². The maximum atomic E-state index is 11.7. The Balaban J connectivity index is 1.55. The highest BCUT2D eigenvalue weighted by atomic mass is 32.2. The summed E-state index contributed by atoms with van der Waals surface area (Å²) >= 11 is 1.56. The predicted octanol–water partition coefficient (Wildman–Crippen LogP) is 1.54. The second kappa shape index (κ2) is 8.70. The van der Waals surface area contributed by atoms with Crippen LogP contribution in [0.2, 0.25) is 0 Å². The van der Waals surface area contributed by atoms with Gasteiger partial charge in [0.05, 0.1) is 0 Å². The van der Waals surface area contributed by atoms with Gasteiger partial charge in [-0.1, -0.05) is 25.1 Å². The van der Waals surface area contributed by atoms with E-state index < -0.39 is 0 Å². The van der Waals surface area contributed by atoms with E-state index in [1.807, 2.05) is 14.1 Å². The highest BCUT2D eigenvalue weighted by Gasteiger charge is 2.30. The van der Waals surface area contributed by atoms with E-state index in [4.69, 9.17) is 4.74 Å². The van der Waals surface area contributed by atoms with Gasteiger partial charge in [0.25, 0.3) is 5.56 Å². The van der Waals surface area contributed by atoms with Crippen molar-refractivity contribution < 1.29 is 10.1 Å². The SMILES string of the molecule is CCCc1cc(=O)[nH]c(SC[C@H]2C[NH2+][C@@H](c3ccc(N(C)C)cc3)O2)n1. The lowest BCUT2D eigenvalue weighted by Crippen LogP contribution is -2.82. The molecule has 0 saturated carbocycles. The van der Waals surface area contributed by atoms with Crippen LogP contribution >= 0.6 is 11.8 Å². The van der Waals surface area contributed by atoms with Gasteiger partial charge >= 0.3 is 0 Å². The fraction of sp³-hybridized carbons (Fsp3) is 0.474. The molecule has 0 radical (unpaired) electrons. The minimum absolute atomic E-state index is 0.0373. The van der Waals surface area contributed by atoms with Crippen LogP contribution in [-0.4, -0.2) is 42.5 Å². The van der Waals surface area contributed by atoms with E-state index in [-0.39, 0.29) is 17.9 Å². The Kier molecular flexibility index (Phi) is 6.34. The molecule has 140 valence electrons. The van der Waals surface area contributed by atoms with Crippen LogP contribution in [0.4, 0.5) is 5.69 Å². The van der Waals surface area contributed by atoms with E-state index in [0.717, 1.165) is 30.8 Å². The number of benzene rings is 1. The van der Waals surface area contributed by atoms with Crippen molar-refractivity contribution in [3.05, 3.63) is 51.9 Å². The molecule has 7 heteroatoms. The lowest BCUT2D eigenvalue weighted by atomic mass is 10.2. The van der Waals surface area contributed by atoms with E-state index in [1.54, 1.807) is 17.8 Å². The molecular weight excluding hydrogens is 348 g/mol. The van der Waals surface area contributed by atoms with Gasteiger partial charge in [-0.15, -0.1) is 0 Å². The second-order valence-corrected chi connectivity index (χ2v) is 7.75. The summed E-state index contributed by atoms with van der Waals surface area (Å²) in [5.41, 5.74) is 3.14. The molecule has 1 aliphatic heterocycles. The molecule has 1 aromatic heterocycles. The largest absolute Gasteiger partial charge is 0.378 e. The van der Waals surface area contributed by atoms with Crippen LogP contribution in [0, 0.1) is 0 Å². The molecule has 0 unspecified atom stereocenters. The highest BCUT2D eigenvalue weighted by Crippen LogP contribution is 2.22. The number of aryl methyl sites for hydroxylation is 1. The normalized spacial score (nSPS) is 19.7. The van der Waals surface area contributed by atoms with E-state index in [0.29, 0.717) is 5.16 Å². The fourth-order valence-corrected chi connectivity index (χ4v) is 3.90. The zero-order valence-electron chi connectivity index (χ0n) is 15.6. The first-order valence-corrected chi connectivity index (χ1v) is 10.0. The van der Waals surface area contributed by atoms with Crippen molar-refractivity contribution in [1.29, 1.82) is 0 Å². The van der Waals surface area contributed by atoms with E-state index in [2.05, 4.69) is 51.4 Å². The maximum absolute atomic E-state index is 11.7. The first kappa shape index (κ1) is 18.9. The van der Waals surface area contributed by atoms with Crippen molar-refractivity contribution in [3.63, 3.8) is 0 Å². The molecule has 26 heavy (non-hydrogen) atoms. The summed E-state index contributed by atoms with van der Waals surface area (Å²) in [5, 5.41) is 2.91. The molecule has 6 nitrogen and oxygen atoms in total. The number of anilines is 1. The molecule has 2 heterocycles. The zero-order chi connectivity index (χ0) is 18.5. The van der Waals surface area contributed by atoms with Gasteiger partial charge in [-0.25, -0.2) is 4.98 Å². The van der Waals surface area contributed by atoms with E-state index >= 15 is 0 Å². The number of H-pyrrole nitrogens is 1. The maximum Gasteiger partial charge on any atom is 0.251 e. The Morgan fingerprint density at radius 2 is 2.12 bits per heavy atom. The molecule has 1 aliphatic rings. The number of thioether (sulfide) groups is 1. The van der Waals surface area contributed by atoms with Crippen LogP contribution in [0.25, 0.3) is 0 Å². The number of aromatic nitrogens is 2. The highest BCUT2D eigenvalue weighted by molar-refractivity contribution is 7.99. The standard InChI is InChI=1S/C19H26N4O2S/c1-4-5-14-10-17(24)22-19(21-14)26-12-16-11-20-18(25-16)13-6-8-15(9-7-13)23(2)3/h6-10,16,18,20H,4-5,11-12H2,1-3H3,(H,21,22,24)/p+1/t16-,18-/m1/s1. The van der Waals surface area contributed by atoms with Crippen LogP contribution in [0.3, 0.4) is 0 Å². The number of nitrogens with zero attached hydrogens (tertiary/aromatic N) is 2. The molecule has 0 spiro atoms. The van der Waals surface area contributed by atoms with Gasteiger partial charge in [-0.2, -0.15) is 0 Å². The van der Waals surface area contributed by atoms with Crippen molar-refractivity contribution in [2.45, 2.75) is 37.3 Å². The van der Waals surface area contributed by atoms with Gasteiger partial charge in [-0.3, -0.25) is 4.79 Å². The number of hydrogen-bond donors (Lipinski definition) is 2. The first-order valence-electron chi connectivity index (χ1n) is 9.04. The molecule has 1 aromatic carbocycles. The number of hydrogen-bond acceptors (Lipinski definition) is 5. The third-order valence-electron chi connectivity index (χ3n) is 4.38. The number of ether oxygens (including phenoxy) is 1. The van der Waals surface area contributed by atoms with Crippen LogP contribution in [-0.2, 0) is 11.2 Å². The van der Waals surface area contributed by atoms with Gasteiger partial charge in [0, 0.05) is 42.9 Å². The lowest BCUT2D eigenvalue weighted by molar-refractivity contribution is -0.697. The molecule has 1 saturated heterocycles. The minimum atomic E-state index is -0.0799. The molecule has 1 fully saturated rings. The fourth-order valence-electron chi connectivity index (χ4n) is 2.99. The van der Waals surface area contributed by atoms with Gasteiger partial charge in [0.1, 0.15) is 12.6 Å². The minimum Gasteiger partial charge on any atom is -0.378 e. The number of rotatable bonds is 7. The Morgan fingerprint density at radius 1 is 1.35 bits per heavy atom. The van der Waals surface area contributed by atoms with Crippen molar-refractivity contribution in [2.24, 2.45) is 0 Å². The van der Waals surface area contributed by atoms with Crippen LogP contribution in [0.5, 0.6) is 0 Å². The van der Waals surface area contributed by atoms with Crippen LogP contribution < -0.4 is 15.8 Å². The average molecular weight is 376 g/mol. The number of aromatic amines is 1. The van der Waals surface area contributed by atoms with Gasteiger partial charge < -0.3 is 19.9 Å². The quantitative estimate of drug-likeness (QED) is 0.567.